The Balaban J connectivity index is 1.33. The summed E-state index contributed by atoms with van der Waals surface area (Å²) >= 11 is 2.95. The Bertz CT molecular complexity index is 826. The molecule has 0 atom stereocenters. The summed E-state index contributed by atoms with van der Waals surface area (Å²) in [7, 11) is 0. The first-order valence-corrected chi connectivity index (χ1v) is 9.36. The van der Waals surface area contributed by atoms with E-state index in [-0.39, 0.29) is 11.7 Å². The van der Waals surface area contributed by atoms with Crippen molar-refractivity contribution in [3.63, 3.8) is 0 Å². The molecule has 0 aliphatic heterocycles. The van der Waals surface area contributed by atoms with Gasteiger partial charge in [-0.15, -0.1) is 16.4 Å². The number of thiazole rings is 1. The molecule has 2 aromatic heterocycles. The molecular weight excluding hydrogens is 344 g/mol. The highest BCUT2D eigenvalue weighted by atomic mass is 32.2. The molecule has 3 aromatic rings. The number of nitrogens with one attached hydrogen (secondary N) is 1. The van der Waals surface area contributed by atoms with E-state index in [9.17, 15) is 4.79 Å². The maximum atomic E-state index is 12.1. The Kier molecular flexibility index (Phi) is 4.26. The predicted molar refractivity (Wildman–Crippen MR) is 93.0 cm³/mol. The molecule has 1 amide bonds. The van der Waals surface area contributed by atoms with Gasteiger partial charge in [-0.2, -0.15) is 0 Å². The number of aromatic nitrogens is 5. The Morgan fingerprint density at radius 2 is 2.17 bits per heavy atom. The van der Waals surface area contributed by atoms with Crippen molar-refractivity contribution in [2.75, 3.05) is 11.1 Å². The molecule has 24 heavy (non-hydrogen) atoms. The highest BCUT2D eigenvalue weighted by Gasteiger charge is 2.28. The summed E-state index contributed by atoms with van der Waals surface area (Å²) in [6, 6.07) is 8.08. The monoisotopic (exact) mass is 358 g/mol. The molecule has 0 radical (unpaired) electrons. The Hall–Kier alpha value is -2.26. The van der Waals surface area contributed by atoms with E-state index in [1.165, 1.54) is 11.8 Å². The Labute approximate surface area is 146 Å². The fourth-order valence-electron chi connectivity index (χ4n) is 2.22. The van der Waals surface area contributed by atoms with Crippen LogP contribution in [0.1, 0.15) is 18.9 Å². The number of thioether (sulfide) groups is 1. The van der Waals surface area contributed by atoms with Crippen LogP contribution in [0.5, 0.6) is 0 Å². The van der Waals surface area contributed by atoms with Gasteiger partial charge in [0.05, 0.1) is 11.8 Å². The third kappa shape index (κ3) is 3.46. The zero-order chi connectivity index (χ0) is 16.4. The number of amides is 1. The Morgan fingerprint density at radius 1 is 1.33 bits per heavy atom. The molecule has 9 heteroatoms. The van der Waals surface area contributed by atoms with Gasteiger partial charge < -0.3 is 5.32 Å². The van der Waals surface area contributed by atoms with Crippen molar-refractivity contribution in [3.8, 4) is 10.6 Å². The summed E-state index contributed by atoms with van der Waals surface area (Å²) in [5, 5.41) is 18.1. The molecule has 0 unspecified atom stereocenters. The number of hydrogen-bond acceptors (Lipinski definition) is 7. The van der Waals surface area contributed by atoms with Crippen molar-refractivity contribution in [1.82, 2.24) is 25.2 Å². The molecule has 1 N–H and O–H groups in total. The lowest BCUT2D eigenvalue weighted by molar-refractivity contribution is -0.113. The van der Waals surface area contributed by atoms with Gasteiger partial charge in [0.15, 0.2) is 0 Å². The molecule has 0 spiro atoms. The molecule has 0 bridgehead atoms. The van der Waals surface area contributed by atoms with Gasteiger partial charge in [0, 0.05) is 22.8 Å². The van der Waals surface area contributed by atoms with E-state index >= 15 is 0 Å². The second-order valence-electron chi connectivity index (χ2n) is 5.39. The number of carbonyl (C=O) groups is 1. The molecule has 1 aliphatic rings. The van der Waals surface area contributed by atoms with Crippen molar-refractivity contribution in [2.24, 2.45) is 0 Å². The summed E-state index contributed by atoms with van der Waals surface area (Å²) < 4.78 is 1.81. The van der Waals surface area contributed by atoms with Crippen molar-refractivity contribution >= 4 is 34.7 Å². The molecule has 4 rings (SSSR count). The second-order valence-corrected chi connectivity index (χ2v) is 7.23. The summed E-state index contributed by atoms with van der Waals surface area (Å²) in [6.45, 7) is 0. The third-order valence-electron chi connectivity index (χ3n) is 3.54. The molecule has 1 fully saturated rings. The second kappa shape index (κ2) is 6.70. The minimum atomic E-state index is -0.0765. The number of hydrogen-bond donors (Lipinski definition) is 1. The molecule has 122 valence electrons. The van der Waals surface area contributed by atoms with Crippen LogP contribution in [0.3, 0.4) is 0 Å². The van der Waals surface area contributed by atoms with E-state index in [0.717, 1.165) is 29.1 Å². The van der Waals surface area contributed by atoms with Gasteiger partial charge in [-0.1, -0.05) is 11.8 Å². The highest BCUT2D eigenvalue weighted by molar-refractivity contribution is 7.99. The SMILES string of the molecule is O=C(CSc1nnnn1C1CC1)Nc1ccc(-c2nccs2)cc1. The van der Waals surface area contributed by atoms with E-state index in [1.54, 1.807) is 22.2 Å². The Morgan fingerprint density at radius 3 is 2.88 bits per heavy atom. The van der Waals surface area contributed by atoms with Crippen LogP contribution in [-0.2, 0) is 4.79 Å². The van der Waals surface area contributed by atoms with Crippen LogP contribution >= 0.6 is 23.1 Å². The lowest BCUT2D eigenvalue weighted by Crippen LogP contribution is -2.14. The van der Waals surface area contributed by atoms with E-state index in [4.69, 9.17) is 0 Å². The summed E-state index contributed by atoms with van der Waals surface area (Å²) in [4.78, 5) is 16.4. The zero-order valence-corrected chi connectivity index (χ0v) is 14.3. The van der Waals surface area contributed by atoms with Crippen molar-refractivity contribution < 1.29 is 4.79 Å². The summed E-state index contributed by atoms with van der Waals surface area (Å²) in [6.07, 6.45) is 3.99. The summed E-state index contributed by atoms with van der Waals surface area (Å²) in [5.41, 5.74) is 1.81. The number of carbonyl (C=O) groups excluding carboxylic acids is 1. The molecule has 2 heterocycles. The van der Waals surface area contributed by atoms with Crippen LogP contribution < -0.4 is 5.32 Å². The number of benzene rings is 1. The average molecular weight is 358 g/mol. The van der Waals surface area contributed by atoms with Gasteiger partial charge in [-0.05, 0) is 47.5 Å². The van der Waals surface area contributed by atoms with E-state index in [0.29, 0.717) is 11.2 Å². The van der Waals surface area contributed by atoms with Crippen LogP contribution in [0.25, 0.3) is 10.6 Å². The third-order valence-corrected chi connectivity index (χ3v) is 5.29. The first-order chi connectivity index (χ1) is 11.8. The van der Waals surface area contributed by atoms with Crippen LogP contribution in [-0.4, -0.2) is 36.9 Å². The molecule has 7 nitrogen and oxygen atoms in total. The minimum Gasteiger partial charge on any atom is -0.325 e. The van der Waals surface area contributed by atoms with Gasteiger partial charge in [-0.3, -0.25) is 4.79 Å². The maximum absolute atomic E-state index is 12.1. The van der Waals surface area contributed by atoms with Crippen LogP contribution in [0.15, 0.2) is 41.0 Å². The van der Waals surface area contributed by atoms with Crippen molar-refractivity contribution in [3.05, 3.63) is 35.8 Å². The topological polar surface area (TPSA) is 85.6 Å². The van der Waals surface area contributed by atoms with E-state index in [2.05, 4.69) is 25.8 Å². The standard InChI is InChI=1S/C15H14N6OS2/c22-13(9-24-15-18-19-20-21(15)12-5-6-12)17-11-3-1-10(2-4-11)14-16-7-8-23-14/h1-4,7-8,12H,5-6,9H2,(H,17,22). The lowest BCUT2D eigenvalue weighted by Gasteiger charge is -2.06. The van der Waals surface area contributed by atoms with E-state index in [1.807, 2.05) is 29.6 Å². The maximum Gasteiger partial charge on any atom is 0.234 e. The minimum absolute atomic E-state index is 0.0765. The average Bonchev–Trinajstić information content (AvgIpc) is 3.11. The molecule has 0 saturated heterocycles. The van der Waals surface area contributed by atoms with Gasteiger partial charge in [0.25, 0.3) is 0 Å². The zero-order valence-electron chi connectivity index (χ0n) is 12.6. The summed E-state index contributed by atoms with van der Waals surface area (Å²) in [5.74, 6) is 0.203. The van der Waals surface area contributed by atoms with Crippen LogP contribution in [0.4, 0.5) is 5.69 Å². The van der Waals surface area contributed by atoms with Crippen LogP contribution in [0, 0.1) is 0 Å². The van der Waals surface area contributed by atoms with Gasteiger partial charge in [0.1, 0.15) is 5.01 Å². The predicted octanol–water partition coefficient (Wildman–Crippen LogP) is 2.86. The van der Waals surface area contributed by atoms with Crippen LogP contribution in [0.2, 0.25) is 0 Å². The molecular formula is C15H14N6OS2. The number of nitrogens with zero attached hydrogens (tertiary/aromatic N) is 5. The quantitative estimate of drug-likeness (QED) is 0.682. The molecule has 1 aromatic carbocycles. The van der Waals surface area contributed by atoms with Gasteiger partial charge in [0.2, 0.25) is 11.1 Å². The lowest BCUT2D eigenvalue weighted by atomic mass is 10.2. The largest absolute Gasteiger partial charge is 0.325 e. The fourth-order valence-corrected chi connectivity index (χ4v) is 3.61. The number of anilines is 1. The molecule has 1 saturated carbocycles. The smallest absolute Gasteiger partial charge is 0.234 e. The normalized spacial score (nSPS) is 13.8. The first kappa shape index (κ1) is 15.3. The number of tetrazole rings is 1. The van der Waals surface area contributed by atoms with Gasteiger partial charge >= 0.3 is 0 Å². The molecule has 1 aliphatic carbocycles. The van der Waals surface area contributed by atoms with Gasteiger partial charge in [-0.25, -0.2) is 9.67 Å². The van der Waals surface area contributed by atoms with Crippen molar-refractivity contribution in [1.29, 1.82) is 0 Å². The first-order valence-electron chi connectivity index (χ1n) is 7.50. The number of rotatable bonds is 6. The van der Waals surface area contributed by atoms with E-state index < -0.39 is 0 Å². The fraction of sp³-hybridized carbons (Fsp3) is 0.267. The highest BCUT2D eigenvalue weighted by Crippen LogP contribution is 2.36. The van der Waals surface area contributed by atoms with Crippen molar-refractivity contribution in [2.45, 2.75) is 24.0 Å².